The van der Waals surface area contributed by atoms with Gasteiger partial charge in [-0.25, -0.2) is 0 Å². The largest absolute Gasteiger partial charge is 0.496 e. The van der Waals surface area contributed by atoms with Crippen molar-refractivity contribution in [1.82, 2.24) is 5.32 Å². The predicted molar refractivity (Wildman–Crippen MR) is 69.0 cm³/mol. The monoisotopic (exact) mass is 255 g/mol. The summed E-state index contributed by atoms with van der Waals surface area (Å²) in [5, 5.41) is 4.06. The van der Waals surface area contributed by atoms with E-state index in [4.69, 9.17) is 21.1 Å². The fourth-order valence-corrected chi connectivity index (χ4v) is 2.55. The average molecular weight is 256 g/mol. The molecule has 0 spiro atoms. The summed E-state index contributed by atoms with van der Waals surface area (Å²) in [5.74, 6) is 0.842. The van der Waals surface area contributed by atoms with Gasteiger partial charge in [-0.15, -0.1) is 0 Å². The molecule has 1 atom stereocenters. The van der Waals surface area contributed by atoms with Gasteiger partial charge in [-0.3, -0.25) is 0 Å². The zero-order chi connectivity index (χ0) is 12.4. The second-order valence-electron chi connectivity index (χ2n) is 4.33. The molecule has 2 rings (SSSR count). The number of aryl methyl sites for hydroxylation is 2. The SMILES string of the molecule is COc1c(C)cc(C)c(Cl)c1C1CNCCO1. The van der Waals surface area contributed by atoms with Crippen LogP contribution in [0.4, 0.5) is 0 Å². The maximum absolute atomic E-state index is 6.39. The Balaban J connectivity index is 2.48. The summed E-state index contributed by atoms with van der Waals surface area (Å²) in [6.45, 7) is 6.41. The van der Waals surface area contributed by atoms with Gasteiger partial charge in [0.1, 0.15) is 11.9 Å². The summed E-state index contributed by atoms with van der Waals surface area (Å²) in [6, 6.07) is 2.04. The second-order valence-corrected chi connectivity index (χ2v) is 4.71. The molecule has 1 unspecified atom stereocenters. The lowest BCUT2D eigenvalue weighted by atomic mass is 10.00. The molecular weight excluding hydrogens is 238 g/mol. The number of morpholine rings is 1. The van der Waals surface area contributed by atoms with Crippen LogP contribution in [-0.2, 0) is 4.74 Å². The van der Waals surface area contributed by atoms with Crippen LogP contribution in [0.3, 0.4) is 0 Å². The van der Waals surface area contributed by atoms with Crippen molar-refractivity contribution in [3.8, 4) is 5.75 Å². The Hall–Kier alpha value is -0.770. The van der Waals surface area contributed by atoms with Crippen LogP contribution in [0.2, 0.25) is 5.02 Å². The van der Waals surface area contributed by atoms with E-state index in [0.29, 0.717) is 6.61 Å². The quantitative estimate of drug-likeness (QED) is 0.881. The standard InChI is InChI=1S/C13H18ClNO2/c1-8-6-9(2)13(16-3)11(12(8)14)10-7-15-4-5-17-10/h6,10,15H,4-5,7H2,1-3H3. The van der Waals surface area contributed by atoms with Crippen molar-refractivity contribution < 1.29 is 9.47 Å². The predicted octanol–water partition coefficient (Wildman–Crippen LogP) is 2.63. The molecule has 0 amide bonds. The smallest absolute Gasteiger partial charge is 0.129 e. The van der Waals surface area contributed by atoms with E-state index in [-0.39, 0.29) is 6.10 Å². The minimum Gasteiger partial charge on any atom is -0.496 e. The molecular formula is C13H18ClNO2. The highest BCUT2D eigenvalue weighted by atomic mass is 35.5. The van der Waals surface area contributed by atoms with Gasteiger partial charge in [-0.2, -0.15) is 0 Å². The molecule has 1 aliphatic rings. The number of halogens is 1. The van der Waals surface area contributed by atoms with Crippen LogP contribution < -0.4 is 10.1 Å². The molecule has 17 heavy (non-hydrogen) atoms. The summed E-state index contributed by atoms with van der Waals surface area (Å²) in [5.41, 5.74) is 3.13. The molecule has 1 aliphatic heterocycles. The first-order chi connectivity index (χ1) is 8.15. The van der Waals surface area contributed by atoms with Crippen LogP contribution in [0.5, 0.6) is 5.75 Å². The highest BCUT2D eigenvalue weighted by Crippen LogP contribution is 2.39. The van der Waals surface area contributed by atoms with Gasteiger partial charge in [0, 0.05) is 18.7 Å². The van der Waals surface area contributed by atoms with Crippen LogP contribution in [0.1, 0.15) is 22.8 Å². The molecule has 94 valence electrons. The Morgan fingerprint density at radius 2 is 2.18 bits per heavy atom. The molecule has 3 nitrogen and oxygen atoms in total. The summed E-state index contributed by atoms with van der Waals surface area (Å²) >= 11 is 6.39. The fourth-order valence-electron chi connectivity index (χ4n) is 2.29. The van der Waals surface area contributed by atoms with Crippen molar-refractivity contribution in [3.05, 3.63) is 27.8 Å². The van der Waals surface area contributed by atoms with E-state index in [9.17, 15) is 0 Å². The van der Waals surface area contributed by atoms with Crippen LogP contribution >= 0.6 is 11.6 Å². The van der Waals surface area contributed by atoms with Gasteiger partial charge in [-0.05, 0) is 25.0 Å². The Bertz CT molecular complexity index is 414. The van der Waals surface area contributed by atoms with Crippen molar-refractivity contribution in [1.29, 1.82) is 0 Å². The van der Waals surface area contributed by atoms with Gasteiger partial charge >= 0.3 is 0 Å². The minimum atomic E-state index is -0.0233. The summed E-state index contributed by atoms with van der Waals surface area (Å²) in [4.78, 5) is 0. The van der Waals surface area contributed by atoms with E-state index in [1.165, 1.54) is 0 Å². The van der Waals surface area contributed by atoms with Crippen molar-refractivity contribution in [3.63, 3.8) is 0 Å². The summed E-state index contributed by atoms with van der Waals surface area (Å²) in [6.07, 6.45) is -0.0233. The fraction of sp³-hybridized carbons (Fsp3) is 0.538. The molecule has 1 saturated heterocycles. The van der Waals surface area contributed by atoms with Gasteiger partial charge in [-0.1, -0.05) is 17.7 Å². The van der Waals surface area contributed by atoms with E-state index < -0.39 is 0 Å². The van der Waals surface area contributed by atoms with Crippen molar-refractivity contribution in [2.45, 2.75) is 20.0 Å². The number of methoxy groups -OCH3 is 1. The molecule has 4 heteroatoms. The first-order valence-electron chi connectivity index (χ1n) is 5.81. The Morgan fingerprint density at radius 3 is 2.76 bits per heavy atom. The van der Waals surface area contributed by atoms with Crippen molar-refractivity contribution in [2.75, 3.05) is 26.8 Å². The van der Waals surface area contributed by atoms with E-state index >= 15 is 0 Å². The zero-order valence-electron chi connectivity index (χ0n) is 10.5. The maximum atomic E-state index is 6.39. The summed E-state index contributed by atoms with van der Waals surface area (Å²) < 4.78 is 11.2. The Labute approximate surface area is 107 Å². The molecule has 1 heterocycles. The van der Waals surface area contributed by atoms with E-state index in [0.717, 1.165) is 40.6 Å². The van der Waals surface area contributed by atoms with E-state index in [1.807, 2.05) is 19.9 Å². The third kappa shape index (κ3) is 2.41. The molecule has 0 aliphatic carbocycles. The normalized spacial score (nSPS) is 20.4. The van der Waals surface area contributed by atoms with E-state index in [1.54, 1.807) is 7.11 Å². The van der Waals surface area contributed by atoms with Gasteiger partial charge in [0.25, 0.3) is 0 Å². The van der Waals surface area contributed by atoms with Crippen LogP contribution in [-0.4, -0.2) is 26.8 Å². The topological polar surface area (TPSA) is 30.5 Å². The second kappa shape index (κ2) is 5.25. The lowest BCUT2D eigenvalue weighted by Crippen LogP contribution is -2.33. The molecule has 1 aromatic rings. The van der Waals surface area contributed by atoms with Gasteiger partial charge in [0.2, 0.25) is 0 Å². The van der Waals surface area contributed by atoms with Gasteiger partial charge in [0.15, 0.2) is 0 Å². The number of hydrogen-bond acceptors (Lipinski definition) is 3. The van der Waals surface area contributed by atoms with Gasteiger partial charge < -0.3 is 14.8 Å². The van der Waals surface area contributed by atoms with Crippen LogP contribution in [0.25, 0.3) is 0 Å². The van der Waals surface area contributed by atoms with Crippen molar-refractivity contribution in [2.24, 2.45) is 0 Å². The van der Waals surface area contributed by atoms with Gasteiger partial charge in [0.05, 0.1) is 18.7 Å². The lowest BCUT2D eigenvalue weighted by Gasteiger charge is -2.27. The zero-order valence-corrected chi connectivity index (χ0v) is 11.2. The highest BCUT2D eigenvalue weighted by molar-refractivity contribution is 6.32. The summed E-state index contributed by atoms with van der Waals surface area (Å²) in [7, 11) is 1.67. The average Bonchev–Trinajstić information content (AvgIpc) is 2.34. The first kappa shape index (κ1) is 12.7. The Morgan fingerprint density at radius 1 is 1.41 bits per heavy atom. The van der Waals surface area contributed by atoms with Crippen LogP contribution in [0, 0.1) is 13.8 Å². The minimum absolute atomic E-state index is 0.0233. The highest BCUT2D eigenvalue weighted by Gasteiger charge is 2.24. The molecule has 0 saturated carbocycles. The Kier molecular flexibility index (Phi) is 3.92. The third-order valence-electron chi connectivity index (χ3n) is 3.07. The molecule has 0 radical (unpaired) electrons. The number of benzene rings is 1. The third-order valence-corrected chi connectivity index (χ3v) is 3.57. The molecule has 1 N–H and O–H groups in total. The van der Waals surface area contributed by atoms with E-state index in [2.05, 4.69) is 5.32 Å². The lowest BCUT2D eigenvalue weighted by molar-refractivity contribution is 0.0262. The first-order valence-corrected chi connectivity index (χ1v) is 6.19. The molecule has 0 aromatic heterocycles. The van der Waals surface area contributed by atoms with Crippen molar-refractivity contribution >= 4 is 11.6 Å². The molecule has 0 bridgehead atoms. The molecule has 1 fully saturated rings. The number of nitrogens with one attached hydrogen (secondary N) is 1. The number of rotatable bonds is 2. The number of ether oxygens (including phenoxy) is 2. The number of hydrogen-bond donors (Lipinski definition) is 1. The maximum Gasteiger partial charge on any atom is 0.129 e. The molecule has 1 aromatic carbocycles. The van der Waals surface area contributed by atoms with Crippen LogP contribution in [0.15, 0.2) is 6.07 Å².